The summed E-state index contributed by atoms with van der Waals surface area (Å²) in [6.45, 7) is 3.66. The summed E-state index contributed by atoms with van der Waals surface area (Å²) in [5, 5.41) is 3.33. The predicted octanol–water partition coefficient (Wildman–Crippen LogP) is 2.00. The third kappa shape index (κ3) is 3.21. The fourth-order valence-electron chi connectivity index (χ4n) is 2.48. The van der Waals surface area contributed by atoms with Crippen molar-refractivity contribution in [3.63, 3.8) is 0 Å². The average molecular weight is 252 g/mol. The second-order valence-corrected chi connectivity index (χ2v) is 4.55. The van der Waals surface area contributed by atoms with Gasteiger partial charge in [0.25, 0.3) is 0 Å². The molecule has 0 aromatic heterocycles. The van der Waals surface area contributed by atoms with Crippen molar-refractivity contribution in [3.8, 4) is 5.75 Å². The maximum absolute atomic E-state index is 12.8. The molecule has 18 heavy (non-hydrogen) atoms. The van der Waals surface area contributed by atoms with Gasteiger partial charge in [0.15, 0.2) is 0 Å². The van der Waals surface area contributed by atoms with Gasteiger partial charge >= 0.3 is 0 Å². The van der Waals surface area contributed by atoms with Crippen LogP contribution in [-0.2, 0) is 0 Å². The van der Waals surface area contributed by atoms with Crippen molar-refractivity contribution in [2.24, 2.45) is 0 Å². The van der Waals surface area contributed by atoms with Gasteiger partial charge in [0.1, 0.15) is 5.75 Å². The lowest BCUT2D eigenvalue weighted by molar-refractivity contribution is 0.157. The third-order valence-electron chi connectivity index (χ3n) is 3.48. The first-order chi connectivity index (χ1) is 8.85. The fourth-order valence-corrected chi connectivity index (χ4v) is 2.48. The molecule has 1 saturated heterocycles. The molecule has 0 spiro atoms. The third-order valence-corrected chi connectivity index (χ3v) is 3.48. The molecule has 0 aliphatic carbocycles. The number of alkyl halides is 1. The van der Waals surface area contributed by atoms with Gasteiger partial charge in [0, 0.05) is 32.2 Å². The summed E-state index contributed by atoms with van der Waals surface area (Å²) in [6, 6.07) is 8.16. The van der Waals surface area contributed by atoms with E-state index in [1.54, 1.807) is 7.11 Å². The molecule has 3 nitrogen and oxygen atoms in total. The van der Waals surface area contributed by atoms with Crippen LogP contribution in [0.1, 0.15) is 18.0 Å². The Bertz CT molecular complexity index is 349. The van der Waals surface area contributed by atoms with E-state index in [1.165, 1.54) is 5.56 Å². The van der Waals surface area contributed by atoms with Gasteiger partial charge in [0.05, 0.1) is 13.8 Å². The molecule has 0 unspecified atom stereocenters. The predicted molar refractivity (Wildman–Crippen MR) is 70.8 cm³/mol. The van der Waals surface area contributed by atoms with Crippen molar-refractivity contribution < 1.29 is 9.13 Å². The van der Waals surface area contributed by atoms with Crippen LogP contribution in [0, 0.1) is 0 Å². The van der Waals surface area contributed by atoms with Gasteiger partial charge in [-0.1, -0.05) is 12.1 Å². The standard InChI is InChI=1S/C14H21FN2O/c1-18-13-4-2-12(3-5-13)14(6-7-15)17-10-8-16-9-11-17/h2-5,14,16H,6-11H2,1H3/t14-/m0/s1. The van der Waals surface area contributed by atoms with Gasteiger partial charge in [-0.25, -0.2) is 0 Å². The summed E-state index contributed by atoms with van der Waals surface area (Å²) in [4.78, 5) is 2.36. The number of piperazine rings is 1. The van der Waals surface area contributed by atoms with Gasteiger partial charge in [-0.3, -0.25) is 9.29 Å². The molecule has 1 atom stereocenters. The Balaban J connectivity index is 2.11. The molecule has 0 amide bonds. The average Bonchev–Trinajstić information content (AvgIpc) is 2.46. The van der Waals surface area contributed by atoms with Crippen LogP contribution in [0.2, 0.25) is 0 Å². The van der Waals surface area contributed by atoms with Crippen molar-refractivity contribution in [2.45, 2.75) is 12.5 Å². The van der Waals surface area contributed by atoms with Crippen LogP contribution in [0.15, 0.2) is 24.3 Å². The lowest BCUT2D eigenvalue weighted by Crippen LogP contribution is -2.45. The Morgan fingerprint density at radius 3 is 2.50 bits per heavy atom. The van der Waals surface area contributed by atoms with Crippen LogP contribution in [0.4, 0.5) is 4.39 Å². The summed E-state index contributed by atoms with van der Waals surface area (Å²) < 4.78 is 17.9. The smallest absolute Gasteiger partial charge is 0.118 e. The molecular weight excluding hydrogens is 231 g/mol. The van der Waals surface area contributed by atoms with E-state index in [0.717, 1.165) is 31.9 Å². The fraction of sp³-hybridized carbons (Fsp3) is 0.571. The van der Waals surface area contributed by atoms with Crippen LogP contribution in [0.5, 0.6) is 5.75 Å². The van der Waals surface area contributed by atoms with Crippen LogP contribution < -0.4 is 10.1 Å². The summed E-state index contributed by atoms with van der Waals surface area (Å²) in [7, 11) is 1.66. The minimum absolute atomic E-state index is 0.183. The van der Waals surface area contributed by atoms with Crippen molar-refractivity contribution in [3.05, 3.63) is 29.8 Å². The number of halogens is 1. The molecule has 1 aromatic rings. The van der Waals surface area contributed by atoms with Gasteiger partial charge in [-0.2, -0.15) is 0 Å². The van der Waals surface area contributed by atoms with E-state index in [4.69, 9.17) is 4.74 Å². The minimum atomic E-state index is -0.277. The molecule has 0 bridgehead atoms. The highest BCUT2D eigenvalue weighted by molar-refractivity contribution is 5.29. The number of rotatable bonds is 5. The van der Waals surface area contributed by atoms with E-state index in [1.807, 2.05) is 24.3 Å². The van der Waals surface area contributed by atoms with Gasteiger partial charge < -0.3 is 10.1 Å². The molecule has 1 aromatic carbocycles. The monoisotopic (exact) mass is 252 g/mol. The van der Waals surface area contributed by atoms with Gasteiger partial charge in [0.2, 0.25) is 0 Å². The zero-order chi connectivity index (χ0) is 12.8. The topological polar surface area (TPSA) is 24.5 Å². The Morgan fingerprint density at radius 2 is 1.94 bits per heavy atom. The van der Waals surface area contributed by atoms with Gasteiger partial charge in [-0.05, 0) is 24.1 Å². The largest absolute Gasteiger partial charge is 0.497 e. The first-order valence-electron chi connectivity index (χ1n) is 6.50. The molecular formula is C14H21FN2O. The van der Waals surface area contributed by atoms with Crippen molar-refractivity contribution in [2.75, 3.05) is 40.0 Å². The van der Waals surface area contributed by atoms with Crippen molar-refractivity contribution >= 4 is 0 Å². The van der Waals surface area contributed by atoms with E-state index in [0.29, 0.717) is 6.42 Å². The van der Waals surface area contributed by atoms with E-state index in [2.05, 4.69) is 10.2 Å². The van der Waals surface area contributed by atoms with E-state index >= 15 is 0 Å². The lowest BCUT2D eigenvalue weighted by Gasteiger charge is -2.35. The summed E-state index contributed by atoms with van der Waals surface area (Å²) in [6.07, 6.45) is 0.562. The quantitative estimate of drug-likeness (QED) is 0.867. The van der Waals surface area contributed by atoms with E-state index in [-0.39, 0.29) is 12.7 Å². The van der Waals surface area contributed by atoms with Crippen LogP contribution >= 0.6 is 0 Å². The Morgan fingerprint density at radius 1 is 1.28 bits per heavy atom. The minimum Gasteiger partial charge on any atom is -0.497 e. The van der Waals surface area contributed by atoms with E-state index in [9.17, 15) is 4.39 Å². The highest BCUT2D eigenvalue weighted by Crippen LogP contribution is 2.26. The summed E-state index contributed by atoms with van der Waals surface area (Å²) in [5.41, 5.74) is 1.18. The van der Waals surface area contributed by atoms with Crippen molar-refractivity contribution in [1.29, 1.82) is 0 Å². The van der Waals surface area contributed by atoms with Crippen LogP contribution in [-0.4, -0.2) is 44.9 Å². The number of hydrogen-bond donors (Lipinski definition) is 1. The zero-order valence-electron chi connectivity index (χ0n) is 10.9. The Hall–Kier alpha value is -1.13. The molecule has 1 fully saturated rings. The molecule has 1 aliphatic heterocycles. The zero-order valence-corrected chi connectivity index (χ0v) is 10.9. The van der Waals surface area contributed by atoms with Crippen LogP contribution in [0.25, 0.3) is 0 Å². The molecule has 1 aliphatic rings. The molecule has 0 radical (unpaired) electrons. The highest BCUT2D eigenvalue weighted by atomic mass is 19.1. The number of methoxy groups -OCH3 is 1. The Labute approximate surface area is 108 Å². The Kier molecular flexibility index (Phi) is 4.96. The molecule has 1 heterocycles. The molecule has 0 saturated carbocycles. The number of benzene rings is 1. The lowest BCUT2D eigenvalue weighted by atomic mass is 10.0. The molecule has 4 heteroatoms. The first-order valence-corrected chi connectivity index (χ1v) is 6.50. The number of hydrogen-bond acceptors (Lipinski definition) is 3. The summed E-state index contributed by atoms with van der Waals surface area (Å²) in [5.74, 6) is 0.845. The second kappa shape index (κ2) is 6.71. The molecule has 1 N–H and O–H groups in total. The second-order valence-electron chi connectivity index (χ2n) is 4.55. The number of nitrogens with zero attached hydrogens (tertiary/aromatic N) is 1. The molecule has 100 valence electrons. The van der Waals surface area contributed by atoms with Gasteiger partial charge in [-0.15, -0.1) is 0 Å². The van der Waals surface area contributed by atoms with Crippen LogP contribution in [0.3, 0.4) is 0 Å². The number of nitrogens with one attached hydrogen (secondary N) is 1. The first kappa shape index (κ1) is 13.3. The molecule has 2 rings (SSSR count). The highest BCUT2D eigenvalue weighted by Gasteiger charge is 2.21. The van der Waals surface area contributed by atoms with E-state index < -0.39 is 0 Å². The number of ether oxygens (including phenoxy) is 1. The summed E-state index contributed by atoms with van der Waals surface area (Å²) >= 11 is 0. The maximum atomic E-state index is 12.8. The SMILES string of the molecule is COc1ccc([C@H](CCF)N2CCNCC2)cc1. The normalized spacial score (nSPS) is 18.6. The van der Waals surface area contributed by atoms with Crippen molar-refractivity contribution in [1.82, 2.24) is 10.2 Å². The maximum Gasteiger partial charge on any atom is 0.118 e.